The van der Waals surface area contributed by atoms with E-state index < -0.39 is 22.0 Å². The number of nitrogens with zero attached hydrogens (tertiary/aromatic N) is 4. The number of sulfone groups is 1. The summed E-state index contributed by atoms with van der Waals surface area (Å²) in [6.45, 7) is 0.546. The molecule has 0 spiro atoms. The van der Waals surface area contributed by atoms with Crippen LogP contribution in [0.4, 0.5) is 14.6 Å². The predicted molar refractivity (Wildman–Crippen MR) is 99.2 cm³/mol. The molecule has 0 saturated heterocycles. The van der Waals surface area contributed by atoms with Crippen LogP contribution in [0.1, 0.15) is 49.8 Å². The van der Waals surface area contributed by atoms with Crippen molar-refractivity contribution in [3.05, 3.63) is 29.6 Å². The van der Waals surface area contributed by atoms with Crippen LogP contribution in [0.5, 0.6) is 0 Å². The summed E-state index contributed by atoms with van der Waals surface area (Å²) in [5.41, 5.74) is -0.845. The fourth-order valence-electron chi connectivity index (χ4n) is 3.38. The predicted octanol–water partition coefficient (Wildman–Crippen LogP) is 3.47. The highest BCUT2D eigenvalue weighted by atomic mass is 32.2. The second-order valence-electron chi connectivity index (χ2n) is 6.94. The van der Waals surface area contributed by atoms with E-state index in [1.165, 1.54) is 18.6 Å². The molecule has 28 heavy (non-hydrogen) atoms. The lowest BCUT2D eigenvalue weighted by Crippen LogP contribution is -2.19. The van der Waals surface area contributed by atoms with Crippen LogP contribution in [-0.2, 0) is 9.84 Å². The monoisotopic (exact) mass is 409 g/mol. The smallest absolute Gasteiger partial charge is 0.283 e. The van der Waals surface area contributed by atoms with Gasteiger partial charge < -0.3 is 5.32 Å². The van der Waals surface area contributed by atoms with E-state index in [4.69, 9.17) is 0 Å². The number of hydrogen-bond donors (Lipinski definition) is 1. The largest absolute Gasteiger partial charge is 0.369 e. The number of nitrogens with one attached hydrogen (secondary N) is 1. The number of pyridine rings is 1. The van der Waals surface area contributed by atoms with Gasteiger partial charge in [0.2, 0.25) is 0 Å². The van der Waals surface area contributed by atoms with Crippen molar-refractivity contribution in [1.29, 1.82) is 5.26 Å². The van der Waals surface area contributed by atoms with Crippen LogP contribution >= 0.6 is 0 Å². The summed E-state index contributed by atoms with van der Waals surface area (Å²) < 4.78 is 51.1. The summed E-state index contributed by atoms with van der Waals surface area (Å²) in [6, 6.07) is 4.52. The zero-order valence-corrected chi connectivity index (χ0v) is 16.2. The molecule has 150 valence electrons. The van der Waals surface area contributed by atoms with E-state index in [1.807, 2.05) is 6.07 Å². The van der Waals surface area contributed by atoms with Crippen LogP contribution in [0.3, 0.4) is 0 Å². The van der Waals surface area contributed by atoms with Crippen LogP contribution in [0, 0.1) is 17.2 Å². The van der Waals surface area contributed by atoms with Crippen molar-refractivity contribution < 1.29 is 17.2 Å². The van der Waals surface area contributed by atoms with Gasteiger partial charge in [-0.05, 0) is 30.9 Å². The van der Waals surface area contributed by atoms with Crippen LogP contribution in [0.25, 0.3) is 5.82 Å². The molecule has 1 aliphatic carbocycles. The Morgan fingerprint density at radius 3 is 2.57 bits per heavy atom. The molecule has 0 atom stereocenters. The molecule has 2 aromatic rings. The number of alkyl halides is 2. The van der Waals surface area contributed by atoms with Gasteiger partial charge in [0, 0.05) is 19.0 Å². The quantitative estimate of drug-likeness (QED) is 0.784. The van der Waals surface area contributed by atoms with Gasteiger partial charge in [-0.2, -0.15) is 15.0 Å². The normalized spacial score (nSPS) is 15.5. The van der Waals surface area contributed by atoms with Gasteiger partial charge in [-0.1, -0.05) is 19.3 Å². The highest BCUT2D eigenvalue weighted by Gasteiger charge is 2.26. The summed E-state index contributed by atoms with van der Waals surface area (Å²) in [5.74, 6) is 0.712. The minimum atomic E-state index is -3.44. The molecule has 2 aromatic heterocycles. The maximum atomic E-state index is 13.4. The Balaban J connectivity index is 1.98. The molecule has 7 nitrogen and oxygen atoms in total. The zero-order valence-electron chi connectivity index (χ0n) is 15.4. The van der Waals surface area contributed by atoms with Gasteiger partial charge in [0.05, 0.1) is 4.90 Å². The number of aromatic nitrogens is 3. The summed E-state index contributed by atoms with van der Waals surface area (Å²) in [4.78, 5) is 4.05. The van der Waals surface area contributed by atoms with Crippen molar-refractivity contribution in [1.82, 2.24) is 14.8 Å². The molecule has 0 bridgehead atoms. The van der Waals surface area contributed by atoms with Gasteiger partial charge in [-0.25, -0.2) is 22.2 Å². The number of hydrogen-bond acceptors (Lipinski definition) is 6. The first-order valence-corrected chi connectivity index (χ1v) is 10.9. The van der Waals surface area contributed by atoms with Crippen LogP contribution < -0.4 is 5.32 Å². The first-order valence-electron chi connectivity index (χ1n) is 9.02. The molecule has 0 aliphatic heterocycles. The number of anilines is 1. The number of halogens is 2. The Morgan fingerprint density at radius 2 is 2.04 bits per heavy atom. The van der Waals surface area contributed by atoms with Gasteiger partial charge in [0.25, 0.3) is 6.43 Å². The molecule has 2 heterocycles. The standard InChI is InChI=1S/C18H21F2N5O2S/c1-28(26,27)13-7-8-15(22-11-13)25-18(14(9-21)16(24-25)17(19)20)23-10-12-5-3-2-4-6-12/h7-8,11-12,17,23H,2-6,10H2,1H3. The number of nitriles is 1. The first-order chi connectivity index (χ1) is 13.3. The Morgan fingerprint density at radius 1 is 1.32 bits per heavy atom. The van der Waals surface area contributed by atoms with Crippen LogP contribution in [0.15, 0.2) is 23.2 Å². The lowest BCUT2D eigenvalue weighted by atomic mass is 9.89. The third-order valence-electron chi connectivity index (χ3n) is 4.88. The maximum absolute atomic E-state index is 13.4. The van der Waals surface area contributed by atoms with E-state index in [9.17, 15) is 22.5 Å². The molecular formula is C18H21F2N5O2S. The second kappa shape index (κ2) is 8.22. The summed E-state index contributed by atoms with van der Waals surface area (Å²) >= 11 is 0. The molecule has 0 unspecified atom stereocenters. The topological polar surface area (TPSA) is 101 Å². The van der Waals surface area contributed by atoms with Gasteiger partial charge >= 0.3 is 0 Å². The average Bonchev–Trinajstić information content (AvgIpc) is 3.05. The molecule has 1 aliphatic rings. The fraction of sp³-hybridized carbons (Fsp3) is 0.500. The summed E-state index contributed by atoms with van der Waals surface area (Å²) in [5, 5.41) is 16.4. The third-order valence-corrected chi connectivity index (χ3v) is 5.98. The molecule has 1 N–H and O–H groups in total. The second-order valence-corrected chi connectivity index (χ2v) is 8.96. The third kappa shape index (κ3) is 4.30. The van der Waals surface area contributed by atoms with Gasteiger partial charge in [-0.3, -0.25) is 0 Å². The van der Waals surface area contributed by atoms with E-state index >= 15 is 0 Å². The van der Waals surface area contributed by atoms with Gasteiger partial charge in [-0.15, -0.1) is 0 Å². The van der Waals surface area contributed by atoms with Crippen molar-refractivity contribution in [3.8, 4) is 11.9 Å². The Bertz CT molecular complexity index is 975. The molecule has 0 aromatic carbocycles. The summed E-state index contributed by atoms with van der Waals surface area (Å²) in [7, 11) is -3.44. The van der Waals surface area contributed by atoms with Crippen molar-refractivity contribution in [2.45, 2.75) is 43.4 Å². The van der Waals surface area contributed by atoms with Crippen molar-refractivity contribution in [2.24, 2.45) is 5.92 Å². The maximum Gasteiger partial charge on any atom is 0.283 e. The van der Waals surface area contributed by atoms with E-state index in [0.717, 1.165) is 42.8 Å². The van der Waals surface area contributed by atoms with Crippen molar-refractivity contribution in [3.63, 3.8) is 0 Å². The van der Waals surface area contributed by atoms with E-state index in [2.05, 4.69) is 15.4 Å². The lowest BCUT2D eigenvalue weighted by molar-refractivity contribution is 0.145. The van der Waals surface area contributed by atoms with Crippen molar-refractivity contribution in [2.75, 3.05) is 18.1 Å². The van der Waals surface area contributed by atoms with Crippen molar-refractivity contribution >= 4 is 15.7 Å². The molecular weight excluding hydrogens is 388 g/mol. The minimum absolute atomic E-state index is 0.00899. The Labute approximate surface area is 162 Å². The van der Waals surface area contributed by atoms with E-state index in [0.29, 0.717) is 12.5 Å². The molecule has 0 radical (unpaired) electrons. The average molecular weight is 409 g/mol. The Kier molecular flexibility index (Phi) is 5.93. The van der Waals surface area contributed by atoms with Crippen LogP contribution in [0.2, 0.25) is 0 Å². The summed E-state index contributed by atoms with van der Waals surface area (Å²) in [6.07, 6.45) is 4.84. The van der Waals surface area contributed by atoms with Crippen LogP contribution in [-0.4, -0.2) is 36.0 Å². The highest BCUT2D eigenvalue weighted by molar-refractivity contribution is 7.90. The Hall–Kier alpha value is -2.54. The lowest BCUT2D eigenvalue weighted by Gasteiger charge is -2.22. The van der Waals surface area contributed by atoms with Gasteiger partial charge in [0.15, 0.2) is 15.7 Å². The first kappa shape index (κ1) is 20.2. The molecule has 3 rings (SSSR count). The SMILES string of the molecule is CS(=O)(=O)c1ccc(-n2nc(C(F)F)c(C#N)c2NCC2CCCCC2)nc1. The van der Waals surface area contributed by atoms with E-state index in [-0.39, 0.29) is 22.1 Å². The molecule has 10 heteroatoms. The zero-order chi connectivity index (χ0) is 20.3. The molecule has 0 amide bonds. The molecule has 1 fully saturated rings. The van der Waals surface area contributed by atoms with Gasteiger partial charge in [0.1, 0.15) is 23.1 Å². The highest BCUT2D eigenvalue weighted by Crippen LogP contribution is 2.31. The molecule has 1 saturated carbocycles. The number of rotatable bonds is 6. The van der Waals surface area contributed by atoms with E-state index in [1.54, 1.807) is 0 Å². The fourth-order valence-corrected chi connectivity index (χ4v) is 3.94. The minimum Gasteiger partial charge on any atom is -0.369 e.